The van der Waals surface area contributed by atoms with Crippen molar-refractivity contribution in [3.05, 3.63) is 0 Å². The summed E-state index contributed by atoms with van der Waals surface area (Å²) in [5, 5.41) is 0. The molecular weight excluding hydrogens is 369 g/mol. The van der Waals surface area contributed by atoms with Crippen LogP contribution in [-0.2, 0) is 52.4 Å². The van der Waals surface area contributed by atoms with Gasteiger partial charge in [-0.2, -0.15) is 0 Å². The molecule has 88 valence electrons. The first-order valence-corrected chi connectivity index (χ1v) is 4.38. The standard InChI is InChI=1S/H4O7P2.4H2O.2Zn/c1-8(2,3)7-9(4,5)6;;;;;;/h(H2,1,2,3)(H2,4,5,6);4*1H2;;/q;;;;;2*+2/p-4. The zero-order valence-electron chi connectivity index (χ0n) is 7.17. The normalized spacial score (nSPS) is 8.27. The molecule has 15 heavy (non-hydrogen) atoms. The molecule has 0 heterocycles. The van der Waals surface area contributed by atoms with Crippen molar-refractivity contribution in [2.24, 2.45) is 0 Å². The average molecular weight is 377 g/mol. The first kappa shape index (κ1) is 44.1. The molecule has 11 nitrogen and oxygen atoms in total. The van der Waals surface area contributed by atoms with E-state index in [9.17, 15) is 28.7 Å². The maximum Gasteiger partial charge on any atom is 2.00 e. The second-order valence-electron chi connectivity index (χ2n) is 0.976. The van der Waals surface area contributed by atoms with E-state index in [4.69, 9.17) is 0 Å². The zero-order chi connectivity index (χ0) is 7.71. The van der Waals surface area contributed by atoms with E-state index in [-0.39, 0.29) is 60.9 Å². The summed E-state index contributed by atoms with van der Waals surface area (Å²) in [5.41, 5.74) is 0. The van der Waals surface area contributed by atoms with Crippen LogP contribution in [0.3, 0.4) is 0 Å². The van der Waals surface area contributed by atoms with E-state index in [0.717, 1.165) is 0 Å². The van der Waals surface area contributed by atoms with E-state index in [0.29, 0.717) is 0 Å². The van der Waals surface area contributed by atoms with Gasteiger partial charge in [-0.05, 0) is 0 Å². The van der Waals surface area contributed by atoms with Crippen LogP contribution in [-0.4, -0.2) is 21.9 Å². The Bertz CT molecular complexity index is 157. The van der Waals surface area contributed by atoms with Crippen LogP contribution < -0.4 is 19.6 Å². The fourth-order valence-corrected chi connectivity index (χ4v) is 1.10. The topological polar surface area (TPSA) is 262 Å². The molecule has 0 fully saturated rings. The first-order valence-electron chi connectivity index (χ1n) is 1.46. The third-order valence-electron chi connectivity index (χ3n) is 0.200. The van der Waals surface area contributed by atoms with Gasteiger partial charge < -0.3 is 54.9 Å². The van der Waals surface area contributed by atoms with Crippen LogP contribution in [0.25, 0.3) is 0 Å². The SMILES string of the molecule is O.O.O.O.O=P([O-])([O-])OP(=O)([O-])[O-].[Zn+2].[Zn+2]. The second-order valence-corrected chi connectivity index (χ2v) is 3.42. The van der Waals surface area contributed by atoms with Crippen molar-refractivity contribution < 1.29 is 93.9 Å². The number of phosphoric acid groups is 2. The van der Waals surface area contributed by atoms with Gasteiger partial charge in [0.15, 0.2) is 0 Å². The molecule has 0 spiro atoms. The number of rotatable bonds is 2. The van der Waals surface area contributed by atoms with Gasteiger partial charge in [-0.3, -0.25) is 0 Å². The van der Waals surface area contributed by atoms with E-state index >= 15 is 0 Å². The molecule has 0 amide bonds. The van der Waals surface area contributed by atoms with E-state index in [2.05, 4.69) is 4.31 Å². The smallest absolute Gasteiger partial charge is 0.790 e. The van der Waals surface area contributed by atoms with E-state index in [1.807, 2.05) is 0 Å². The fourth-order valence-electron chi connectivity index (χ4n) is 0.122. The van der Waals surface area contributed by atoms with Gasteiger partial charge in [0.2, 0.25) is 0 Å². The minimum Gasteiger partial charge on any atom is -0.790 e. The molecule has 0 bridgehead atoms. The Morgan fingerprint density at radius 2 is 0.800 bits per heavy atom. The predicted molar refractivity (Wildman–Crippen MR) is 30.8 cm³/mol. The van der Waals surface area contributed by atoms with Crippen LogP contribution in [0.2, 0.25) is 0 Å². The van der Waals surface area contributed by atoms with Crippen LogP contribution in [0.15, 0.2) is 0 Å². The van der Waals surface area contributed by atoms with Crippen LogP contribution >= 0.6 is 15.6 Å². The molecule has 0 radical (unpaired) electrons. The van der Waals surface area contributed by atoms with Crippen molar-refractivity contribution >= 4 is 15.6 Å². The fraction of sp³-hybridized carbons (Fsp3) is 0. The summed E-state index contributed by atoms with van der Waals surface area (Å²) in [6, 6.07) is 0. The van der Waals surface area contributed by atoms with Crippen molar-refractivity contribution in [1.82, 2.24) is 0 Å². The molecule has 0 aliphatic rings. The quantitative estimate of drug-likeness (QED) is 0.331. The Hall–Kier alpha value is 1.35. The summed E-state index contributed by atoms with van der Waals surface area (Å²) in [6.07, 6.45) is 0. The van der Waals surface area contributed by atoms with Crippen molar-refractivity contribution in [2.45, 2.75) is 0 Å². The summed E-state index contributed by atoms with van der Waals surface area (Å²) in [7, 11) is -11.4. The van der Waals surface area contributed by atoms with Crippen molar-refractivity contribution in [3.8, 4) is 0 Å². The molecule has 0 saturated heterocycles. The summed E-state index contributed by atoms with van der Waals surface area (Å²) in [6.45, 7) is 0. The Labute approximate surface area is 109 Å². The van der Waals surface area contributed by atoms with Gasteiger partial charge in [0.25, 0.3) is 0 Å². The van der Waals surface area contributed by atoms with Crippen molar-refractivity contribution in [2.75, 3.05) is 0 Å². The van der Waals surface area contributed by atoms with Gasteiger partial charge in [0.1, 0.15) is 0 Å². The van der Waals surface area contributed by atoms with Gasteiger partial charge in [-0.25, -0.2) is 0 Å². The molecule has 8 N–H and O–H groups in total. The Morgan fingerprint density at radius 3 is 0.800 bits per heavy atom. The molecule has 0 saturated carbocycles. The molecular formula is H8O11P2Zn2. The van der Waals surface area contributed by atoms with Gasteiger partial charge in [-0.1, -0.05) is 0 Å². The molecule has 15 heteroatoms. The van der Waals surface area contributed by atoms with Crippen LogP contribution in [0.4, 0.5) is 0 Å². The predicted octanol–water partition coefficient (Wildman–Crippen LogP) is -6.64. The maximum absolute atomic E-state index is 9.32. The van der Waals surface area contributed by atoms with E-state index < -0.39 is 15.6 Å². The molecule has 0 atom stereocenters. The Balaban J connectivity index is -0.0000000213. The summed E-state index contributed by atoms with van der Waals surface area (Å²) in [5.74, 6) is 0. The molecule has 0 unspecified atom stereocenters. The van der Waals surface area contributed by atoms with E-state index in [1.54, 1.807) is 0 Å². The minimum atomic E-state index is -5.68. The molecule has 0 aliphatic carbocycles. The van der Waals surface area contributed by atoms with E-state index in [1.165, 1.54) is 0 Å². The summed E-state index contributed by atoms with van der Waals surface area (Å²) < 4.78 is 21.2. The van der Waals surface area contributed by atoms with Crippen LogP contribution in [0.5, 0.6) is 0 Å². The van der Waals surface area contributed by atoms with Crippen molar-refractivity contribution in [1.29, 1.82) is 0 Å². The van der Waals surface area contributed by atoms with Crippen LogP contribution in [0, 0.1) is 0 Å². The minimum absolute atomic E-state index is 0. The first-order chi connectivity index (χ1) is 3.71. The van der Waals surface area contributed by atoms with Gasteiger partial charge >= 0.3 is 39.0 Å². The summed E-state index contributed by atoms with van der Waals surface area (Å²) >= 11 is 0. The Kier molecular flexibility index (Phi) is 45.1. The monoisotopic (exact) mass is 374 g/mol. The third-order valence-corrected chi connectivity index (χ3v) is 1.80. The number of hydrogen-bond acceptors (Lipinski definition) is 7. The second kappa shape index (κ2) is 15.3. The van der Waals surface area contributed by atoms with Gasteiger partial charge in [-0.15, -0.1) is 0 Å². The van der Waals surface area contributed by atoms with Crippen LogP contribution in [0.1, 0.15) is 0 Å². The molecule has 0 aromatic rings. The van der Waals surface area contributed by atoms with Gasteiger partial charge in [0.05, 0.1) is 15.6 Å². The largest absolute Gasteiger partial charge is 2.00 e. The molecule has 0 aromatic carbocycles. The van der Waals surface area contributed by atoms with Gasteiger partial charge in [0, 0.05) is 0 Å². The average Bonchev–Trinajstić information content (AvgIpc) is 1.14. The summed E-state index contributed by atoms with van der Waals surface area (Å²) in [4.78, 5) is 37.3. The zero-order valence-corrected chi connectivity index (χ0v) is 14.9. The maximum atomic E-state index is 9.32. The third kappa shape index (κ3) is 50.6. The number of hydrogen-bond donors (Lipinski definition) is 0. The molecule has 0 rings (SSSR count). The molecule has 0 aromatic heterocycles. The molecule has 0 aliphatic heterocycles. The Morgan fingerprint density at radius 1 is 0.667 bits per heavy atom. The van der Waals surface area contributed by atoms with Crippen molar-refractivity contribution in [3.63, 3.8) is 0 Å².